The number of unbranched alkanes of at least 4 members (excludes halogenated alkanes) is 1. The van der Waals surface area contributed by atoms with Gasteiger partial charge in [0.25, 0.3) is 0 Å². The molecule has 1 aromatic rings. The first-order chi connectivity index (χ1) is 12.8. The Hall–Kier alpha value is -0.520. The molecule has 0 spiro atoms. The summed E-state index contributed by atoms with van der Waals surface area (Å²) in [4.78, 5) is 7.74. The molecular weight excluding hydrogens is 371 g/mol. The SMILES string of the molecule is CON(CCCCc1ccc(N(CCCl)CCCl)cc1)[C@H]1CCCCO1. The minimum absolute atomic E-state index is 0.128. The van der Waals surface area contributed by atoms with Crippen LogP contribution in [0.5, 0.6) is 0 Å². The second-order valence-corrected chi connectivity index (χ2v) is 7.39. The molecule has 0 saturated carbocycles. The number of nitrogens with zero attached hydrogens (tertiary/aromatic N) is 2. The summed E-state index contributed by atoms with van der Waals surface area (Å²) in [6.07, 6.45) is 6.89. The van der Waals surface area contributed by atoms with Crippen molar-refractivity contribution in [2.24, 2.45) is 0 Å². The molecule has 1 saturated heterocycles. The molecule has 26 heavy (non-hydrogen) atoms. The van der Waals surface area contributed by atoms with E-state index >= 15 is 0 Å². The van der Waals surface area contributed by atoms with Crippen molar-refractivity contribution in [1.82, 2.24) is 5.06 Å². The zero-order chi connectivity index (χ0) is 18.6. The first kappa shape index (κ1) is 21.8. The molecule has 148 valence electrons. The summed E-state index contributed by atoms with van der Waals surface area (Å²) in [5.74, 6) is 1.22. The van der Waals surface area contributed by atoms with Crippen molar-refractivity contribution in [3.8, 4) is 0 Å². The molecule has 1 aliphatic heterocycles. The van der Waals surface area contributed by atoms with Gasteiger partial charge in [0.2, 0.25) is 0 Å². The lowest BCUT2D eigenvalue weighted by molar-refractivity contribution is -0.247. The minimum atomic E-state index is 0.128. The maximum atomic E-state index is 5.88. The van der Waals surface area contributed by atoms with Crippen LogP contribution in [-0.4, -0.2) is 56.4 Å². The maximum absolute atomic E-state index is 5.88. The Kier molecular flexibility index (Phi) is 10.7. The summed E-state index contributed by atoms with van der Waals surface area (Å²) in [7, 11) is 1.74. The van der Waals surface area contributed by atoms with E-state index in [9.17, 15) is 0 Å². The fraction of sp³-hybridized carbons (Fsp3) is 0.700. The van der Waals surface area contributed by atoms with Gasteiger partial charge in [-0.1, -0.05) is 12.1 Å². The van der Waals surface area contributed by atoms with Gasteiger partial charge in [-0.2, -0.15) is 5.06 Å². The highest BCUT2D eigenvalue weighted by atomic mass is 35.5. The van der Waals surface area contributed by atoms with E-state index in [4.69, 9.17) is 32.8 Å². The molecule has 0 bridgehead atoms. The molecule has 0 N–H and O–H groups in total. The summed E-state index contributed by atoms with van der Waals surface area (Å²) in [5, 5.41) is 2.00. The van der Waals surface area contributed by atoms with Gasteiger partial charge in [-0.05, 0) is 56.2 Å². The largest absolute Gasteiger partial charge is 0.369 e. The van der Waals surface area contributed by atoms with Crippen molar-refractivity contribution >= 4 is 28.9 Å². The van der Waals surface area contributed by atoms with Crippen molar-refractivity contribution in [1.29, 1.82) is 0 Å². The van der Waals surface area contributed by atoms with E-state index in [2.05, 4.69) is 29.2 Å². The molecule has 0 aromatic heterocycles. The fourth-order valence-electron chi connectivity index (χ4n) is 3.35. The molecule has 0 amide bonds. The monoisotopic (exact) mass is 402 g/mol. The lowest BCUT2D eigenvalue weighted by Crippen LogP contribution is -2.39. The van der Waals surface area contributed by atoms with Crippen LogP contribution in [0.1, 0.15) is 37.7 Å². The van der Waals surface area contributed by atoms with Gasteiger partial charge in [0.05, 0.1) is 7.11 Å². The standard InChI is InChI=1S/C20H32Cl2N2O2/c1-25-24(20-7-3-5-17-26-20)14-4-2-6-18-8-10-19(11-9-18)23(15-12-21)16-13-22/h8-11,20H,2-7,12-17H2,1H3/t20-/m1/s1. The zero-order valence-electron chi connectivity index (χ0n) is 15.8. The van der Waals surface area contributed by atoms with Crippen molar-refractivity contribution in [3.63, 3.8) is 0 Å². The molecule has 1 atom stereocenters. The third-order valence-electron chi connectivity index (χ3n) is 4.82. The Labute approximate surface area is 168 Å². The maximum Gasteiger partial charge on any atom is 0.133 e. The van der Waals surface area contributed by atoms with Crippen LogP contribution < -0.4 is 4.90 Å². The van der Waals surface area contributed by atoms with Gasteiger partial charge in [-0.25, -0.2) is 0 Å². The quantitative estimate of drug-likeness (QED) is 0.287. The molecule has 1 fully saturated rings. The van der Waals surface area contributed by atoms with E-state index < -0.39 is 0 Å². The average molecular weight is 403 g/mol. The van der Waals surface area contributed by atoms with Gasteiger partial charge in [0.1, 0.15) is 6.23 Å². The average Bonchev–Trinajstić information content (AvgIpc) is 2.69. The molecule has 4 nitrogen and oxygen atoms in total. The third kappa shape index (κ3) is 7.24. The second kappa shape index (κ2) is 12.8. The molecular formula is C20H32Cl2N2O2. The number of hydroxylamine groups is 2. The van der Waals surface area contributed by atoms with Crippen LogP contribution in [0, 0.1) is 0 Å². The van der Waals surface area contributed by atoms with Crippen molar-refractivity contribution in [2.45, 2.75) is 44.8 Å². The molecule has 2 rings (SSSR count). The summed E-state index contributed by atoms with van der Waals surface area (Å²) >= 11 is 11.8. The van der Waals surface area contributed by atoms with Crippen LogP contribution in [0.15, 0.2) is 24.3 Å². The lowest BCUT2D eigenvalue weighted by atomic mass is 10.1. The highest BCUT2D eigenvalue weighted by Crippen LogP contribution is 2.19. The predicted octanol–water partition coefficient (Wildman–Crippen LogP) is 4.68. The molecule has 0 aliphatic carbocycles. The van der Waals surface area contributed by atoms with E-state index in [-0.39, 0.29) is 6.23 Å². The number of aryl methyl sites for hydroxylation is 1. The Morgan fingerprint density at radius 2 is 1.77 bits per heavy atom. The van der Waals surface area contributed by atoms with Gasteiger partial charge < -0.3 is 9.64 Å². The summed E-state index contributed by atoms with van der Waals surface area (Å²) < 4.78 is 5.80. The Morgan fingerprint density at radius 3 is 2.35 bits per heavy atom. The summed E-state index contributed by atoms with van der Waals surface area (Å²) in [6, 6.07) is 8.77. The van der Waals surface area contributed by atoms with Crippen molar-refractivity contribution in [3.05, 3.63) is 29.8 Å². The molecule has 6 heteroatoms. The van der Waals surface area contributed by atoms with Crippen molar-refractivity contribution < 1.29 is 9.57 Å². The van der Waals surface area contributed by atoms with Gasteiger partial charge >= 0.3 is 0 Å². The second-order valence-electron chi connectivity index (χ2n) is 6.63. The van der Waals surface area contributed by atoms with Crippen LogP contribution >= 0.6 is 23.2 Å². The smallest absolute Gasteiger partial charge is 0.133 e. The van der Waals surface area contributed by atoms with E-state index in [1.54, 1.807) is 7.11 Å². The molecule has 1 heterocycles. The number of anilines is 1. The van der Waals surface area contributed by atoms with Crippen molar-refractivity contribution in [2.75, 3.05) is 50.0 Å². The minimum Gasteiger partial charge on any atom is -0.369 e. The van der Waals surface area contributed by atoms with Gasteiger partial charge in [0.15, 0.2) is 0 Å². The number of ether oxygens (including phenoxy) is 1. The highest BCUT2D eigenvalue weighted by Gasteiger charge is 2.21. The number of hydrogen-bond acceptors (Lipinski definition) is 4. The summed E-state index contributed by atoms with van der Waals surface area (Å²) in [5.41, 5.74) is 2.55. The van der Waals surface area contributed by atoms with Crippen LogP contribution in [0.2, 0.25) is 0 Å². The van der Waals surface area contributed by atoms with Crippen LogP contribution in [-0.2, 0) is 16.0 Å². The number of benzene rings is 1. The Morgan fingerprint density at radius 1 is 1.04 bits per heavy atom. The topological polar surface area (TPSA) is 24.9 Å². The first-order valence-corrected chi connectivity index (χ1v) is 10.7. The highest BCUT2D eigenvalue weighted by molar-refractivity contribution is 6.18. The molecule has 1 aliphatic rings. The van der Waals surface area contributed by atoms with E-state index in [0.717, 1.165) is 58.3 Å². The predicted molar refractivity (Wildman–Crippen MR) is 110 cm³/mol. The normalized spacial score (nSPS) is 17.6. The van der Waals surface area contributed by atoms with Crippen LogP contribution in [0.4, 0.5) is 5.69 Å². The summed E-state index contributed by atoms with van der Waals surface area (Å²) in [6.45, 7) is 3.41. The molecule has 0 unspecified atom stereocenters. The van der Waals surface area contributed by atoms with Gasteiger partial charge in [-0.3, -0.25) is 4.84 Å². The number of halogens is 2. The van der Waals surface area contributed by atoms with Gasteiger partial charge in [-0.15, -0.1) is 23.2 Å². The van der Waals surface area contributed by atoms with Crippen LogP contribution in [0.3, 0.4) is 0 Å². The van der Waals surface area contributed by atoms with Crippen LogP contribution in [0.25, 0.3) is 0 Å². The molecule has 1 aromatic carbocycles. The van der Waals surface area contributed by atoms with E-state index in [1.807, 2.05) is 5.06 Å². The van der Waals surface area contributed by atoms with E-state index in [0.29, 0.717) is 11.8 Å². The lowest BCUT2D eigenvalue weighted by Gasteiger charge is -2.32. The molecule has 0 radical (unpaired) electrons. The third-order valence-corrected chi connectivity index (χ3v) is 5.15. The zero-order valence-corrected chi connectivity index (χ0v) is 17.4. The number of alkyl halides is 2. The van der Waals surface area contributed by atoms with Gasteiger partial charge in [0, 0.05) is 43.7 Å². The Balaban J connectivity index is 1.73. The number of rotatable bonds is 12. The number of hydrogen-bond donors (Lipinski definition) is 0. The Bertz CT molecular complexity index is 475. The van der Waals surface area contributed by atoms with E-state index in [1.165, 1.54) is 17.7 Å². The first-order valence-electron chi connectivity index (χ1n) is 9.66. The fourth-order valence-corrected chi connectivity index (χ4v) is 3.76.